The molecule has 0 aliphatic heterocycles. The van der Waals surface area contributed by atoms with Crippen molar-refractivity contribution >= 4 is 93.9 Å². The fourth-order valence-electron chi connectivity index (χ4n) is 9.59. The van der Waals surface area contributed by atoms with E-state index in [9.17, 15) is 0 Å². The van der Waals surface area contributed by atoms with E-state index in [1.54, 1.807) is 0 Å². The van der Waals surface area contributed by atoms with E-state index in [-0.39, 0.29) is 5.41 Å². The number of nitrogens with one attached hydrogen (secondary N) is 1. The minimum atomic E-state index is -0.0807. The molecule has 0 aliphatic rings. The lowest BCUT2D eigenvalue weighted by Gasteiger charge is -2.33. The average molecular weight is 825 g/mol. The van der Waals surface area contributed by atoms with E-state index in [0.29, 0.717) is 0 Å². The Labute approximate surface area is 371 Å². The van der Waals surface area contributed by atoms with Crippen LogP contribution in [0.3, 0.4) is 0 Å². The van der Waals surface area contributed by atoms with Gasteiger partial charge in [0, 0.05) is 55.4 Å². The number of rotatable bonds is 7. The normalized spacial score (nSPS) is 12.0. The number of benzene rings is 10. The SMILES string of the molecule is CC(C)(C)c1ccccc1N(c1ccc2cc3c(cc2c1)oc1cc2c(cc13)oc1cc3cc(Nc4ccccc4-c4ccccc4)ccc3cc12)c1ccccc1-c1ccccc1. The van der Waals surface area contributed by atoms with Gasteiger partial charge >= 0.3 is 0 Å². The lowest BCUT2D eigenvalue weighted by atomic mass is 9.85. The van der Waals surface area contributed by atoms with Crippen LogP contribution in [0.15, 0.2) is 215 Å². The zero-order valence-corrected chi connectivity index (χ0v) is 35.9. The summed E-state index contributed by atoms with van der Waals surface area (Å²) in [5, 5.41) is 12.4. The molecule has 0 bridgehead atoms. The molecule has 2 aromatic heterocycles. The Kier molecular flexibility index (Phi) is 8.70. The van der Waals surface area contributed by atoms with Crippen LogP contribution in [-0.2, 0) is 5.41 Å². The van der Waals surface area contributed by atoms with Crippen molar-refractivity contribution in [2.75, 3.05) is 10.2 Å². The second-order valence-corrected chi connectivity index (χ2v) is 17.9. The summed E-state index contributed by atoms with van der Waals surface area (Å²) in [5.74, 6) is 0. The van der Waals surface area contributed by atoms with E-state index in [2.05, 4.69) is 231 Å². The van der Waals surface area contributed by atoms with Gasteiger partial charge in [0.1, 0.15) is 22.3 Å². The summed E-state index contributed by atoms with van der Waals surface area (Å²) in [6.07, 6.45) is 0. The Balaban J connectivity index is 0.941. The number of hydrogen-bond donors (Lipinski definition) is 1. The molecule has 306 valence electrons. The predicted octanol–water partition coefficient (Wildman–Crippen LogP) is 17.6. The van der Waals surface area contributed by atoms with E-state index in [1.165, 1.54) is 22.3 Å². The van der Waals surface area contributed by atoms with Crippen molar-refractivity contribution in [1.29, 1.82) is 0 Å². The number of nitrogens with zero attached hydrogens (tertiary/aromatic N) is 1. The predicted molar refractivity (Wildman–Crippen MR) is 270 cm³/mol. The molecule has 0 fully saturated rings. The first-order valence-corrected chi connectivity index (χ1v) is 22.0. The van der Waals surface area contributed by atoms with Crippen molar-refractivity contribution < 1.29 is 8.83 Å². The maximum atomic E-state index is 6.74. The zero-order valence-electron chi connectivity index (χ0n) is 35.9. The molecule has 0 atom stereocenters. The first-order chi connectivity index (χ1) is 31.3. The minimum Gasteiger partial charge on any atom is -0.456 e. The average Bonchev–Trinajstić information content (AvgIpc) is 3.85. The van der Waals surface area contributed by atoms with Crippen molar-refractivity contribution in [2.45, 2.75) is 26.2 Å². The molecule has 12 aromatic rings. The van der Waals surface area contributed by atoms with E-state index < -0.39 is 0 Å². The van der Waals surface area contributed by atoms with Gasteiger partial charge in [-0.1, -0.05) is 148 Å². The van der Waals surface area contributed by atoms with E-state index in [4.69, 9.17) is 8.83 Å². The highest BCUT2D eigenvalue weighted by molar-refractivity contribution is 6.18. The number of hydrogen-bond acceptors (Lipinski definition) is 4. The molecular formula is C60H44N2O2. The summed E-state index contributed by atoms with van der Waals surface area (Å²) in [7, 11) is 0. The van der Waals surface area contributed by atoms with Crippen molar-refractivity contribution in [3.8, 4) is 22.3 Å². The van der Waals surface area contributed by atoms with Gasteiger partial charge in [-0.15, -0.1) is 0 Å². The molecule has 1 N–H and O–H groups in total. The van der Waals surface area contributed by atoms with Crippen LogP contribution in [-0.4, -0.2) is 0 Å². The smallest absolute Gasteiger partial charge is 0.136 e. The number of para-hydroxylation sites is 3. The summed E-state index contributed by atoms with van der Waals surface area (Å²) in [4.78, 5) is 2.43. The standard InChI is InChI=1S/C60H44N2O2/c1-60(2,3)52-22-12-15-25-55(52)62(54-24-14-11-21-47(54)39-18-8-5-9-19-39)45-29-27-41-33-49-51-37-58-50(36-59(51)64-57(49)35-43(41)31-45)48-32-40-26-28-44(30-42(40)34-56(48)63-58)61-53-23-13-10-20-46(53)38-16-6-4-7-17-38/h4-37,61H,1-3H3. The third kappa shape index (κ3) is 6.46. The van der Waals surface area contributed by atoms with E-state index >= 15 is 0 Å². The summed E-state index contributed by atoms with van der Waals surface area (Å²) < 4.78 is 13.4. The summed E-state index contributed by atoms with van der Waals surface area (Å²) >= 11 is 0. The highest BCUT2D eigenvalue weighted by Gasteiger charge is 2.25. The molecule has 0 aliphatic carbocycles. The van der Waals surface area contributed by atoms with Crippen molar-refractivity contribution in [2.24, 2.45) is 0 Å². The number of fused-ring (bicyclic) bond motifs is 8. The molecule has 0 amide bonds. The van der Waals surface area contributed by atoms with Crippen LogP contribution < -0.4 is 10.2 Å². The summed E-state index contributed by atoms with van der Waals surface area (Å²) in [6.45, 7) is 6.86. The largest absolute Gasteiger partial charge is 0.456 e. The van der Waals surface area contributed by atoms with Gasteiger partial charge in [-0.25, -0.2) is 0 Å². The third-order valence-corrected chi connectivity index (χ3v) is 12.7. The minimum absolute atomic E-state index is 0.0807. The maximum Gasteiger partial charge on any atom is 0.136 e. The molecule has 10 aromatic carbocycles. The quantitative estimate of drug-likeness (QED) is 0.174. The molecule has 4 heteroatoms. The molecule has 4 nitrogen and oxygen atoms in total. The Morgan fingerprint density at radius 1 is 0.391 bits per heavy atom. The van der Waals surface area contributed by atoms with Crippen LogP contribution in [0.2, 0.25) is 0 Å². The summed E-state index contributed by atoms with van der Waals surface area (Å²) in [6, 6.07) is 73.6. The topological polar surface area (TPSA) is 41.6 Å². The molecule has 0 unspecified atom stereocenters. The van der Waals surface area contributed by atoms with Crippen LogP contribution in [0.25, 0.3) is 87.7 Å². The van der Waals surface area contributed by atoms with Gasteiger partial charge in [-0.3, -0.25) is 0 Å². The number of furan rings is 2. The fraction of sp³-hybridized carbons (Fsp3) is 0.0667. The van der Waals surface area contributed by atoms with Gasteiger partial charge < -0.3 is 19.1 Å². The third-order valence-electron chi connectivity index (χ3n) is 12.7. The van der Waals surface area contributed by atoms with E-state index in [0.717, 1.165) is 99.4 Å². The monoisotopic (exact) mass is 824 g/mol. The molecule has 0 radical (unpaired) electrons. The van der Waals surface area contributed by atoms with Gasteiger partial charge in [-0.05, 0) is 123 Å². The van der Waals surface area contributed by atoms with Crippen molar-refractivity contribution in [3.63, 3.8) is 0 Å². The number of anilines is 5. The van der Waals surface area contributed by atoms with Crippen molar-refractivity contribution in [1.82, 2.24) is 0 Å². The molecular weight excluding hydrogens is 781 g/mol. The molecule has 2 heterocycles. The zero-order chi connectivity index (χ0) is 42.9. The first kappa shape index (κ1) is 37.7. The Morgan fingerprint density at radius 2 is 0.891 bits per heavy atom. The lowest BCUT2D eigenvalue weighted by molar-refractivity contribution is 0.591. The van der Waals surface area contributed by atoms with Crippen LogP contribution in [0, 0.1) is 0 Å². The van der Waals surface area contributed by atoms with Gasteiger partial charge in [0.2, 0.25) is 0 Å². The van der Waals surface area contributed by atoms with E-state index in [1.807, 2.05) is 6.07 Å². The molecule has 0 saturated carbocycles. The van der Waals surface area contributed by atoms with Gasteiger partial charge in [0.25, 0.3) is 0 Å². The molecule has 12 rings (SSSR count). The maximum absolute atomic E-state index is 6.74. The highest BCUT2D eigenvalue weighted by atomic mass is 16.3. The molecule has 64 heavy (non-hydrogen) atoms. The second-order valence-electron chi connectivity index (χ2n) is 17.9. The van der Waals surface area contributed by atoms with Gasteiger partial charge in [0.05, 0.1) is 5.69 Å². The van der Waals surface area contributed by atoms with Gasteiger partial charge in [-0.2, -0.15) is 0 Å². The molecule has 0 saturated heterocycles. The fourth-order valence-corrected chi connectivity index (χ4v) is 9.59. The van der Waals surface area contributed by atoms with Crippen LogP contribution in [0.1, 0.15) is 26.3 Å². The van der Waals surface area contributed by atoms with Crippen LogP contribution in [0.4, 0.5) is 28.4 Å². The Hall–Kier alpha value is -8.08. The molecule has 0 spiro atoms. The second kappa shape index (κ2) is 14.8. The lowest BCUT2D eigenvalue weighted by Crippen LogP contribution is -2.19. The van der Waals surface area contributed by atoms with Gasteiger partial charge in [0.15, 0.2) is 0 Å². The Morgan fingerprint density at radius 3 is 1.55 bits per heavy atom. The highest BCUT2D eigenvalue weighted by Crippen LogP contribution is 2.46. The summed E-state index contributed by atoms with van der Waals surface area (Å²) in [5.41, 5.74) is 14.7. The van der Waals surface area contributed by atoms with Crippen LogP contribution in [0.5, 0.6) is 0 Å². The first-order valence-electron chi connectivity index (χ1n) is 22.0. The van der Waals surface area contributed by atoms with Crippen molar-refractivity contribution in [3.05, 3.63) is 212 Å². The van der Waals surface area contributed by atoms with Crippen LogP contribution >= 0.6 is 0 Å². The Bertz CT molecular complexity index is 3740.